The molecule has 0 aliphatic rings. The molecule has 0 aliphatic heterocycles. The zero-order valence-corrected chi connectivity index (χ0v) is 11.4. The second-order valence-corrected chi connectivity index (χ2v) is 2.49. The Hall–Kier alpha value is -0.124. The fraction of sp³-hybridized carbons (Fsp3) is 0. The Kier molecular flexibility index (Phi) is 9.35. The van der Waals surface area contributed by atoms with Crippen molar-refractivity contribution in [1.29, 1.82) is 0 Å². The topological polar surface area (TPSA) is 20.2 Å². The van der Waals surface area contributed by atoms with Crippen molar-refractivity contribution in [2.45, 2.75) is 0 Å². The maximum atomic E-state index is 8.63. The van der Waals surface area contributed by atoms with E-state index in [1.165, 1.54) is 0 Å². The molecule has 0 spiro atoms. The molecule has 0 saturated carbocycles. The smallest absolute Gasteiger partial charge is 0.115 e. The Morgan fingerprint density at radius 1 is 0.571 bits per heavy atom. The van der Waals surface area contributed by atoms with Crippen molar-refractivity contribution in [3.63, 3.8) is 0 Å². The number of benzene rings is 2. The van der Waals surface area contributed by atoms with Gasteiger partial charge in [-0.3, -0.25) is 0 Å². The number of hydrogen-bond donors (Lipinski definition) is 1. The van der Waals surface area contributed by atoms with Crippen LogP contribution in [0.2, 0.25) is 0 Å². The average molecular weight is 211 g/mol. The van der Waals surface area contributed by atoms with Crippen LogP contribution >= 0.6 is 0 Å². The summed E-state index contributed by atoms with van der Waals surface area (Å²) < 4.78 is 0. The van der Waals surface area contributed by atoms with Crippen molar-refractivity contribution in [3.05, 3.63) is 66.7 Å². The molecule has 67 valence electrons. The molecule has 0 bridgehead atoms. The summed E-state index contributed by atoms with van der Waals surface area (Å²) in [6, 6.07) is 20.7. The van der Waals surface area contributed by atoms with Crippen LogP contribution in [0.5, 0.6) is 5.75 Å². The van der Waals surface area contributed by atoms with Crippen molar-refractivity contribution in [2.24, 2.45) is 0 Å². The van der Waals surface area contributed by atoms with Crippen LogP contribution in [0.25, 0.3) is 0 Å². The van der Waals surface area contributed by atoms with Gasteiger partial charge >= 0.3 is 0 Å². The van der Waals surface area contributed by atoms with Crippen LogP contribution in [0.4, 0.5) is 0 Å². The molecule has 1 radical (unpaired) electrons. The molecule has 14 heavy (non-hydrogen) atoms. The van der Waals surface area contributed by atoms with Gasteiger partial charge in [-0.25, -0.2) is 0 Å². The first-order valence-corrected chi connectivity index (χ1v) is 4.13. The Morgan fingerprint density at radius 3 is 1.07 bits per heavy atom. The molecule has 0 saturated heterocycles. The molecule has 0 aromatic heterocycles. The van der Waals surface area contributed by atoms with Gasteiger partial charge in [0.05, 0.1) is 0 Å². The van der Waals surface area contributed by atoms with Gasteiger partial charge < -0.3 is 5.11 Å². The summed E-state index contributed by atoms with van der Waals surface area (Å²) in [4.78, 5) is 0. The molecule has 2 aromatic carbocycles. The third-order valence-electron chi connectivity index (χ3n) is 1.42. The van der Waals surface area contributed by atoms with Gasteiger partial charge in [0.15, 0.2) is 0 Å². The number of hydrogen-bond acceptors (Lipinski definition) is 1. The summed E-state index contributed by atoms with van der Waals surface area (Å²) in [6.07, 6.45) is 0. The van der Waals surface area contributed by atoms with Crippen molar-refractivity contribution in [1.82, 2.24) is 0 Å². The van der Waals surface area contributed by atoms with E-state index in [-0.39, 0.29) is 51.4 Å². The van der Waals surface area contributed by atoms with E-state index in [0.29, 0.717) is 5.75 Å². The van der Waals surface area contributed by atoms with E-state index in [1.54, 1.807) is 24.3 Å². The first kappa shape index (κ1) is 13.9. The maximum absolute atomic E-state index is 8.63. The van der Waals surface area contributed by atoms with Gasteiger partial charge in [-0.05, 0) is 12.1 Å². The minimum atomic E-state index is 0. The molecule has 0 heterocycles. The fourth-order valence-electron chi connectivity index (χ4n) is 0.813. The van der Waals surface area contributed by atoms with Crippen LogP contribution in [0.1, 0.15) is 0 Å². The Balaban J connectivity index is 0.000000227. The summed E-state index contributed by atoms with van der Waals surface area (Å²) in [7, 11) is 0. The average Bonchev–Trinajstić information content (AvgIpc) is 2.22. The Bertz CT molecular complexity index is 281. The molecular formula is C12H12KO. The molecule has 0 unspecified atom stereocenters. The van der Waals surface area contributed by atoms with E-state index in [4.69, 9.17) is 5.11 Å². The quantitative estimate of drug-likeness (QED) is 0.664. The largest absolute Gasteiger partial charge is 0.508 e. The Labute approximate surface area is 127 Å². The molecule has 1 N–H and O–H groups in total. The number of phenols is 1. The predicted octanol–water partition coefficient (Wildman–Crippen LogP) is 2.70. The number of aromatic hydroxyl groups is 1. The monoisotopic (exact) mass is 211 g/mol. The number of phenolic OH excluding ortho intramolecular Hbond substituents is 1. The second kappa shape index (κ2) is 9.43. The van der Waals surface area contributed by atoms with Gasteiger partial charge in [0.2, 0.25) is 0 Å². The van der Waals surface area contributed by atoms with Gasteiger partial charge in [0.25, 0.3) is 0 Å². The van der Waals surface area contributed by atoms with Crippen LogP contribution in [0, 0.1) is 0 Å². The van der Waals surface area contributed by atoms with Gasteiger partial charge in [0, 0.05) is 51.4 Å². The first-order chi connectivity index (χ1) is 6.39. The minimum Gasteiger partial charge on any atom is -0.508 e. The molecular weight excluding hydrogens is 199 g/mol. The van der Waals surface area contributed by atoms with E-state index in [0.717, 1.165) is 0 Å². The van der Waals surface area contributed by atoms with E-state index >= 15 is 0 Å². The van der Waals surface area contributed by atoms with E-state index in [2.05, 4.69) is 0 Å². The number of para-hydroxylation sites is 1. The first-order valence-electron chi connectivity index (χ1n) is 4.13. The number of rotatable bonds is 0. The summed E-state index contributed by atoms with van der Waals surface area (Å²) in [5.41, 5.74) is 0. The third-order valence-corrected chi connectivity index (χ3v) is 1.42. The van der Waals surface area contributed by atoms with E-state index in [1.807, 2.05) is 42.5 Å². The van der Waals surface area contributed by atoms with Crippen LogP contribution in [-0.4, -0.2) is 56.5 Å². The predicted molar refractivity (Wildman–Crippen MR) is 60.3 cm³/mol. The van der Waals surface area contributed by atoms with Crippen LogP contribution < -0.4 is 0 Å². The molecule has 0 amide bonds. The molecule has 0 aliphatic carbocycles. The van der Waals surface area contributed by atoms with Crippen LogP contribution in [0.15, 0.2) is 66.7 Å². The van der Waals surface area contributed by atoms with E-state index in [9.17, 15) is 0 Å². The van der Waals surface area contributed by atoms with E-state index < -0.39 is 0 Å². The molecule has 0 atom stereocenters. The Morgan fingerprint density at radius 2 is 0.857 bits per heavy atom. The summed E-state index contributed by atoms with van der Waals surface area (Å²) in [6.45, 7) is 0. The molecule has 2 heteroatoms. The SMILES string of the molecule is Oc1ccccc1.[K].c1ccccc1. The van der Waals surface area contributed by atoms with Gasteiger partial charge in [-0.1, -0.05) is 54.6 Å². The third kappa shape index (κ3) is 7.30. The van der Waals surface area contributed by atoms with Crippen LogP contribution in [0.3, 0.4) is 0 Å². The summed E-state index contributed by atoms with van der Waals surface area (Å²) in [5.74, 6) is 0.322. The second-order valence-electron chi connectivity index (χ2n) is 2.49. The molecule has 2 rings (SSSR count). The van der Waals surface area contributed by atoms with Crippen molar-refractivity contribution < 1.29 is 5.11 Å². The molecule has 0 fully saturated rings. The van der Waals surface area contributed by atoms with Crippen molar-refractivity contribution in [2.75, 3.05) is 0 Å². The standard InChI is InChI=1S/C6H6O.C6H6.K/c7-6-4-2-1-3-5-6;1-2-4-6-5-3-1;/h1-5,7H;1-6H;. The summed E-state index contributed by atoms with van der Waals surface area (Å²) in [5, 5.41) is 8.63. The van der Waals surface area contributed by atoms with Crippen LogP contribution in [-0.2, 0) is 0 Å². The van der Waals surface area contributed by atoms with Gasteiger partial charge in [-0.2, -0.15) is 0 Å². The molecule has 1 nitrogen and oxygen atoms in total. The van der Waals surface area contributed by atoms with Gasteiger partial charge in [-0.15, -0.1) is 0 Å². The fourth-order valence-corrected chi connectivity index (χ4v) is 0.813. The zero-order chi connectivity index (χ0) is 9.36. The zero-order valence-electron chi connectivity index (χ0n) is 8.30. The minimum absolute atomic E-state index is 0. The van der Waals surface area contributed by atoms with Gasteiger partial charge in [0.1, 0.15) is 5.75 Å². The van der Waals surface area contributed by atoms with Crippen molar-refractivity contribution >= 4 is 51.4 Å². The summed E-state index contributed by atoms with van der Waals surface area (Å²) >= 11 is 0. The molecule has 2 aromatic rings. The maximum Gasteiger partial charge on any atom is 0.115 e. The normalized spacial score (nSPS) is 7.71. The van der Waals surface area contributed by atoms with Crippen molar-refractivity contribution in [3.8, 4) is 5.75 Å².